The third-order valence-electron chi connectivity index (χ3n) is 3.94. The number of aryl methyl sites for hydroxylation is 1. The highest BCUT2D eigenvalue weighted by atomic mass is 16.1. The maximum absolute atomic E-state index is 12.0. The summed E-state index contributed by atoms with van der Waals surface area (Å²) in [5.74, 6) is 0.792. The number of nitrogens with zero attached hydrogens (tertiary/aromatic N) is 1. The van der Waals surface area contributed by atoms with Crippen LogP contribution in [0.3, 0.4) is 0 Å². The molecule has 2 N–H and O–H groups in total. The highest BCUT2D eigenvalue weighted by molar-refractivity contribution is 5.93. The molecule has 1 amide bonds. The lowest BCUT2D eigenvalue weighted by Crippen LogP contribution is -2.29. The number of benzene rings is 1. The Balaban J connectivity index is 1.65. The van der Waals surface area contributed by atoms with Crippen LogP contribution in [0.5, 0.6) is 0 Å². The van der Waals surface area contributed by atoms with Gasteiger partial charge in [-0.2, -0.15) is 0 Å². The molecule has 3 rings (SSSR count). The van der Waals surface area contributed by atoms with Crippen LogP contribution in [0.4, 0.5) is 5.69 Å². The van der Waals surface area contributed by atoms with Gasteiger partial charge in [0.15, 0.2) is 0 Å². The summed E-state index contributed by atoms with van der Waals surface area (Å²) in [5.41, 5.74) is 4.10. The minimum Gasteiger partial charge on any atom is -0.325 e. The quantitative estimate of drug-likeness (QED) is 0.861. The molecule has 2 aromatic rings. The Morgan fingerprint density at radius 1 is 1.18 bits per heavy atom. The lowest BCUT2D eigenvalue weighted by Gasteiger charge is -2.11. The Kier molecular flexibility index (Phi) is 4.49. The van der Waals surface area contributed by atoms with Gasteiger partial charge in [0.25, 0.3) is 0 Å². The Labute approximate surface area is 131 Å². The number of nitrogens with one attached hydrogen (secondary N) is 2. The molecule has 4 nitrogen and oxygen atoms in total. The SMILES string of the molecule is Cc1ccc(-c2ccncc2)cc1NC(=O)CNCC1CC1. The summed E-state index contributed by atoms with van der Waals surface area (Å²) in [6, 6.07) is 10.0. The number of hydrogen-bond acceptors (Lipinski definition) is 3. The topological polar surface area (TPSA) is 54.0 Å². The second-order valence-electron chi connectivity index (χ2n) is 5.89. The first kappa shape index (κ1) is 14.7. The molecular weight excluding hydrogens is 274 g/mol. The van der Waals surface area contributed by atoms with E-state index in [1.54, 1.807) is 12.4 Å². The van der Waals surface area contributed by atoms with Crippen molar-refractivity contribution < 1.29 is 4.79 Å². The van der Waals surface area contributed by atoms with Crippen molar-refractivity contribution in [1.29, 1.82) is 0 Å². The zero-order chi connectivity index (χ0) is 15.4. The number of hydrogen-bond donors (Lipinski definition) is 2. The van der Waals surface area contributed by atoms with Crippen molar-refractivity contribution in [2.75, 3.05) is 18.4 Å². The van der Waals surface area contributed by atoms with Crippen molar-refractivity contribution >= 4 is 11.6 Å². The van der Waals surface area contributed by atoms with Crippen molar-refractivity contribution in [2.24, 2.45) is 5.92 Å². The highest BCUT2D eigenvalue weighted by Crippen LogP contribution is 2.27. The maximum atomic E-state index is 12.0. The predicted molar refractivity (Wildman–Crippen MR) is 88.6 cm³/mol. The molecule has 0 aliphatic heterocycles. The van der Waals surface area contributed by atoms with Gasteiger partial charge < -0.3 is 10.6 Å². The van der Waals surface area contributed by atoms with Gasteiger partial charge in [-0.1, -0.05) is 12.1 Å². The van der Waals surface area contributed by atoms with Gasteiger partial charge in [-0.3, -0.25) is 9.78 Å². The highest BCUT2D eigenvalue weighted by Gasteiger charge is 2.20. The normalized spacial score (nSPS) is 13.9. The molecule has 0 radical (unpaired) electrons. The van der Waals surface area contributed by atoms with Crippen LogP contribution in [0, 0.1) is 12.8 Å². The third kappa shape index (κ3) is 3.92. The first-order chi connectivity index (χ1) is 10.7. The molecule has 4 heteroatoms. The second kappa shape index (κ2) is 6.71. The maximum Gasteiger partial charge on any atom is 0.238 e. The van der Waals surface area contributed by atoms with E-state index in [9.17, 15) is 4.79 Å². The number of pyridine rings is 1. The molecule has 114 valence electrons. The van der Waals surface area contributed by atoms with E-state index in [-0.39, 0.29) is 5.91 Å². The van der Waals surface area contributed by atoms with E-state index in [1.165, 1.54) is 12.8 Å². The molecule has 1 fully saturated rings. The standard InChI is InChI=1S/C18H21N3O/c1-13-2-5-16(15-6-8-19-9-7-15)10-17(13)21-18(22)12-20-11-14-3-4-14/h2,5-10,14,20H,3-4,11-12H2,1H3,(H,21,22). The lowest BCUT2D eigenvalue weighted by molar-refractivity contribution is -0.115. The minimum atomic E-state index is 0.00984. The Morgan fingerprint density at radius 3 is 2.68 bits per heavy atom. The minimum absolute atomic E-state index is 0.00984. The summed E-state index contributed by atoms with van der Waals surface area (Å²) >= 11 is 0. The van der Waals surface area contributed by atoms with Crippen molar-refractivity contribution in [3.8, 4) is 11.1 Å². The monoisotopic (exact) mass is 295 g/mol. The first-order valence-corrected chi connectivity index (χ1v) is 7.74. The summed E-state index contributed by atoms with van der Waals surface area (Å²) in [4.78, 5) is 16.1. The van der Waals surface area contributed by atoms with E-state index >= 15 is 0 Å². The van der Waals surface area contributed by atoms with Crippen LogP contribution < -0.4 is 10.6 Å². The molecule has 22 heavy (non-hydrogen) atoms. The first-order valence-electron chi connectivity index (χ1n) is 7.74. The van der Waals surface area contributed by atoms with Crippen molar-refractivity contribution in [1.82, 2.24) is 10.3 Å². The molecule has 0 atom stereocenters. The third-order valence-corrected chi connectivity index (χ3v) is 3.94. The van der Waals surface area contributed by atoms with E-state index in [0.717, 1.165) is 34.8 Å². The summed E-state index contributed by atoms with van der Waals surface area (Å²) in [7, 11) is 0. The predicted octanol–water partition coefficient (Wildman–Crippen LogP) is 3.00. The fraction of sp³-hybridized carbons (Fsp3) is 0.333. The fourth-order valence-corrected chi connectivity index (χ4v) is 2.39. The van der Waals surface area contributed by atoms with Gasteiger partial charge in [0.1, 0.15) is 0 Å². The molecule has 1 saturated carbocycles. The number of anilines is 1. The summed E-state index contributed by atoms with van der Waals surface area (Å²) < 4.78 is 0. The van der Waals surface area contributed by atoms with Gasteiger partial charge in [-0.05, 0) is 67.1 Å². The van der Waals surface area contributed by atoms with Gasteiger partial charge in [0, 0.05) is 18.1 Å². The Bertz CT molecular complexity index is 651. The Morgan fingerprint density at radius 2 is 1.95 bits per heavy atom. The van der Waals surface area contributed by atoms with Crippen molar-refractivity contribution in [3.63, 3.8) is 0 Å². The summed E-state index contributed by atoms with van der Waals surface area (Å²) in [6.45, 7) is 3.32. The van der Waals surface area contributed by atoms with Crippen LogP contribution in [0.2, 0.25) is 0 Å². The van der Waals surface area contributed by atoms with Crippen molar-refractivity contribution in [3.05, 3.63) is 48.3 Å². The number of amides is 1. The lowest BCUT2D eigenvalue weighted by atomic mass is 10.0. The molecular formula is C18H21N3O. The van der Waals surface area contributed by atoms with Crippen LogP contribution in [0.25, 0.3) is 11.1 Å². The van der Waals surface area contributed by atoms with Crippen LogP contribution in [-0.4, -0.2) is 24.0 Å². The molecule has 1 heterocycles. The number of carbonyl (C=O) groups is 1. The van der Waals surface area contributed by atoms with E-state index in [0.29, 0.717) is 6.54 Å². The van der Waals surface area contributed by atoms with E-state index < -0.39 is 0 Å². The summed E-state index contributed by atoms with van der Waals surface area (Å²) in [6.07, 6.45) is 6.13. The molecule has 0 unspecified atom stereocenters. The van der Waals surface area contributed by atoms with E-state index in [1.807, 2.05) is 31.2 Å². The van der Waals surface area contributed by atoms with Crippen LogP contribution in [0.15, 0.2) is 42.7 Å². The van der Waals surface area contributed by atoms with E-state index in [2.05, 4.69) is 21.7 Å². The number of carbonyl (C=O) groups excluding carboxylic acids is 1. The van der Waals surface area contributed by atoms with Crippen LogP contribution >= 0.6 is 0 Å². The second-order valence-corrected chi connectivity index (χ2v) is 5.89. The molecule has 0 saturated heterocycles. The average molecular weight is 295 g/mol. The molecule has 0 bridgehead atoms. The van der Waals surface area contributed by atoms with Gasteiger partial charge in [-0.15, -0.1) is 0 Å². The Hall–Kier alpha value is -2.20. The number of rotatable bonds is 6. The zero-order valence-corrected chi connectivity index (χ0v) is 12.8. The molecule has 1 aromatic carbocycles. The molecule has 1 aromatic heterocycles. The largest absolute Gasteiger partial charge is 0.325 e. The van der Waals surface area contributed by atoms with Gasteiger partial charge in [-0.25, -0.2) is 0 Å². The molecule has 1 aliphatic rings. The average Bonchev–Trinajstić information content (AvgIpc) is 3.35. The smallest absolute Gasteiger partial charge is 0.238 e. The van der Waals surface area contributed by atoms with Crippen LogP contribution in [0.1, 0.15) is 18.4 Å². The van der Waals surface area contributed by atoms with Gasteiger partial charge >= 0.3 is 0 Å². The van der Waals surface area contributed by atoms with Crippen molar-refractivity contribution in [2.45, 2.75) is 19.8 Å². The summed E-state index contributed by atoms with van der Waals surface area (Å²) in [5, 5.41) is 6.21. The molecule has 0 spiro atoms. The van der Waals surface area contributed by atoms with Gasteiger partial charge in [0.2, 0.25) is 5.91 Å². The van der Waals surface area contributed by atoms with Gasteiger partial charge in [0.05, 0.1) is 6.54 Å². The zero-order valence-electron chi connectivity index (χ0n) is 12.8. The number of aromatic nitrogens is 1. The molecule has 1 aliphatic carbocycles. The fourth-order valence-electron chi connectivity index (χ4n) is 2.39. The van der Waals surface area contributed by atoms with E-state index in [4.69, 9.17) is 0 Å². The van der Waals surface area contributed by atoms with Crippen LogP contribution in [-0.2, 0) is 4.79 Å².